The Bertz CT molecular complexity index is 1400. The van der Waals surface area contributed by atoms with E-state index in [4.69, 9.17) is 4.74 Å². The first-order valence-corrected chi connectivity index (χ1v) is 16.9. The standard InChI is InChI=1S/C34H41BrN2O5S/c1-5-7-8-11-17-42-33(41)27-28-31(39)37(26(20-38)21(3)4)30(34(28)19-25(35)29(27)43-34)32(40)36(16-6-2)24-15-14-22-12-9-10-13-23(22)18-24/h5-6,9-10,12-15,18,21,25-30,38H,1-2,7-8,11,16-17,19-20H2,3-4H3/t25?,26-,27+,28-,29+,30?,34?/m0/s1. The van der Waals surface area contributed by atoms with Crippen LogP contribution >= 0.6 is 27.7 Å². The van der Waals surface area contributed by atoms with Gasteiger partial charge in [-0.2, -0.15) is 0 Å². The third-order valence-electron chi connectivity index (χ3n) is 9.22. The first kappa shape index (κ1) is 31.8. The molecule has 1 spiro atoms. The van der Waals surface area contributed by atoms with E-state index in [1.165, 1.54) is 0 Å². The van der Waals surface area contributed by atoms with Crippen molar-refractivity contribution >= 4 is 61.9 Å². The number of amides is 2. The number of likely N-dealkylation sites (tertiary alicyclic amines) is 1. The van der Waals surface area contributed by atoms with Gasteiger partial charge in [-0.25, -0.2) is 0 Å². The molecule has 3 heterocycles. The van der Waals surface area contributed by atoms with Gasteiger partial charge in [-0.1, -0.05) is 72.3 Å². The lowest BCUT2D eigenvalue weighted by atomic mass is 9.71. The van der Waals surface area contributed by atoms with Gasteiger partial charge in [0.15, 0.2) is 0 Å². The topological polar surface area (TPSA) is 87.2 Å². The molecule has 7 nitrogen and oxygen atoms in total. The Morgan fingerprint density at radius 1 is 1.19 bits per heavy atom. The van der Waals surface area contributed by atoms with Gasteiger partial charge in [-0.15, -0.1) is 24.9 Å². The summed E-state index contributed by atoms with van der Waals surface area (Å²) in [6.07, 6.45) is 6.54. The quantitative estimate of drug-likeness (QED) is 0.127. The average molecular weight is 670 g/mol. The third kappa shape index (κ3) is 5.57. The van der Waals surface area contributed by atoms with Gasteiger partial charge in [0.1, 0.15) is 6.04 Å². The molecule has 43 heavy (non-hydrogen) atoms. The molecule has 9 heteroatoms. The lowest BCUT2D eigenvalue weighted by molar-refractivity contribution is -0.154. The maximum Gasteiger partial charge on any atom is 0.310 e. The molecule has 3 saturated heterocycles. The van der Waals surface area contributed by atoms with E-state index < -0.39 is 28.7 Å². The molecule has 5 rings (SSSR count). The van der Waals surface area contributed by atoms with E-state index in [0.717, 1.165) is 30.0 Å². The zero-order chi connectivity index (χ0) is 30.9. The lowest BCUT2D eigenvalue weighted by Gasteiger charge is -2.41. The Hall–Kier alpha value is -2.62. The highest BCUT2D eigenvalue weighted by Crippen LogP contribution is 2.68. The van der Waals surface area contributed by atoms with E-state index in [2.05, 4.69) is 29.1 Å². The molecule has 3 aliphatic heterocycles. The Balaban J connectivity index is 1.55. The largest absolute Gasteiger partial charge is 0.465 e. The van der Waals surface area contributed by atoms with Crippen molar-refractivity contribution in [3.63, 3.8) is 0 Å². The summed E-state index contributed by atoms with van der Waals surface area (Å²) in [6.45, 7) is 11.8. The van der Waals surface area contributed by atoms with Gasteiger partial charge in [0.05, 0.1) is 35.8 Å². The maximum absolute atomic E-state index is 14.9. The summed E-state index contributed by atoms with van der Waals surface area (Å²) in [4.78, 5) is 46.3. The number of halogens is 1. The van der Waals surface area contributed by atoms with Crippen LogP contribution in [-0.4, -0.2) is 74.5 Å². The molecule has 2 amide bonds. The predicted octanol–water partition coefficient (Wildman–Crippen LogP) is 5.74. The third-order valence-corrected chi connectivity index (χ3v) is 12.4. The number of nitrogens with zero attached hydrogens (tertiary/aromatic N) is 2. The van der Waals surface area contributed by atoms with Crippen molar-refractivity contribution in [1.29, 1.82) is 0 Å². The molecule has 1 N–H and O–H groups in total. The van der Waals surface area contributed by atoms with Crippen molar-refractivity contribution in [3.8, 4) is 0 Å². The second-order valence-corrected chi connectivity index (χ2v) is 14.8. The number of thioether (sulfide) groups is 1. The number of hydrogen-bond donors (Lipinski definition) is 1. The summed E-state index contributed by atoms with van der Waals surface area (Å²) in [7, 11) is 0. The van der Waals surface area contributed by atoms with Crippen LogP contribution < -0.4 is 4.90 Å². The summed E-state index contributed by atoms with van der Waals surface area (Å²) in [5, 5.41) is 12.4. The second kappa shape index (κ2) is 13.2. The SMILES string of the molecule is C=CCCCCOC(=O)[C@H]1[C@@H]2SC3(CC2Br)C(C(=O)N(CC=C)c2ccc4ccccc4c2)N([C@@H](CO)C(C)C)C(=O)[C@H]13. The number of benzene rings is 2. The van der Waals surface area contributed by atoms with E-state index >= 15 is 0 Å². The number of aliphatic hydroxyl groups excluding tert-OH is 1. The lowest BCUT2D eigenvalue weighted by Crippen LogP contribution is -2.59. The molecule has 2 bridgehead atoms. The van der Waals surface area contributed by atoms with Crippen LogP contribution in [0.15, 0.2) is 67.8 Å². The number of fused-ring (bicyclic) bond motifs is 2. The van der Waals surface area contributed by atoms with Crippen molar-refractivity contribution in [3.05, 3.63) is 67.8 Å². The van der Waals surface area contributed by atoms with E-state index in [-0.39, 0.29) is 53.5 Å². The molecule has 0 radical (unpaired) electrons. The van der Waals surface area contributed by atoms with Crippen molar-refractivity contribution < 1.29 is 24.2 Å². The Kier molecular flexibility index (Phi) is 9.73. The van der Waals surface area contributed by atoms with Crippen LogP contribution in [0.25, 0.3) is 10.8 Å². The molecule has 7 atom stereocenters. The van der Waals surface area contributed by atoms with Crippen LogP contribution in [0, 0.1) is 17.8 Å². The molecule has 0 aliphatic carbocycles. The molecule has 3 fully saturated rings. The number of aliphatic hydroxyl groups is 1. The number of carbonyl (C=O) groups excluding carboxylic acids is 3. The Morgan fingerprint density at radius 3 is 2.60 bits per heavy atom. The summed E-state index contributed by atoms with van der Waals surface area (Å²) in [6, 6.07) is 12.4. The zero-order valence-electron chi connectivity index (χ0n) is 24.9. The van der Waals surface area contributed by atoms with Gasteiger partial charge >= 0.3 is 5.97 Å². The molecule has 0 aromatic heterocycles. The van der Waals surface area contributed by atoms with Crippen molar-refractivity contribution in [2.75, 3.05) is 24.7 Å². The van der Waals surface area contributed by atoms with Gasteiger partial charge < -0.3 is 19.6 Å². The molecular formula is C34H41BrN2O5S. The predicted molar refractivity (Wildman–Crippen MR) is 176 cm³/mol. The van der Waals surface area contributed by atoms with E-state index in [1.54, 1.807) is 27.6 Å². The number of esters is 1. The smallest absolute Gasteiger partial charge is 0.310 e. The maximum atomic E-state index is 14.9. The van der Waals surface area contributed by atoms with Crippen LogP contribution in [0.4, 0.5) is 5.69 Å². The highest BCUT2D eigenvalue weighted by molar-refractivity contribution is 9.09. The molecular weight excluding hydrogens is 628 g/mol. The van der Waals surface area contributed by atoms with Gasteiger partial charge in [-0.05, 0) is 54.5 Å². The minimum atomic E-state index is -0.864. The van der Waals surface area contributed by atoms with Crippen molar-refractivity contribution in [1.82, 2.24) is 4.90 Å². The number of allylic oxidation sites excluding steroid dienone is 1. The van der Waals surface area contributed by atoms with Gasteiger partial charge in [-0.3, -0.25) is 14.4 Å². The number of carbonyl (C=O) groups is 3. The van der Waals surface area contributed by atoms with Crippen molar-refractivity contribution in [2.24, 2.45) is 17.8 Å². The summed E-state index contributed by atoms with van der Waals surface area (Å²) in [5.41, 5.74) is 0.712. The summed E-state index contributed by atoms with van der Waals surface area (Å²) >= 11 is 5.40. The normalized spacial score (nSPS) is 28.3. The summed E-state index contributed by atoms with van der Waals surface area (Å²) < 4.78 is 4.92. The van der Waals surface area contributed by atoms with Crippen molar-refractivity contribution in [2.45, 2.75) is 66.4 Å². The monoisotopic (exact) mass is 668 g/mol. The number of rotatable bonds is 13. The Labute approximate surface area is 266 Å². The highest BCUT2D eigenvalue weighted by Gasteiger charge is 2.76. The fourth-order valence-corrected chi connectivity index (χ4v) is 10.8. The van der Waals surface area contributed by atoms with Crippen LogP contribution in [-0.2, 0) is 19.1 Å². The van der Waals surface area contributed by atoms with E-state index in [9.17, 15) is 19.5 Å². The first-order chi connectivity index (χ1) is 20.7. The highest BCUT2D eigenvalue weighted by atomic mass is 79.9. The number of ether oxygens (including phenoxy) is 1. The molecule has 3 unspecified atom stereocenters. The summed E-state index contributed by atoms with van der Waals surface area (Å²) in [5.74, 6) is -2.33. The Morgan fingerprint density at radius 2 is 1.93 bits per heavy atom. The van der Waals surface area contributed by atoms with Gasteiger partial charge in [0, 0.05) is 22.3 Å². The number of unbranched alkanes of at least 4 members (excludes halogenated alkanes) is 2. The average Bonchev–Trinajstić information content (AvgIpc) is 3.59. The van der Waals surface area contributed by atoms with E-state index in [1.807, 2.05) is 62.4 Å². The molecule has 230 valence electrons. The van der Waals surface area contributed by atoms with Crippen LogP contribution in [0.3, 0.4) is 0 Å². The van der Waals surface area contributed by atoms with Gasteiger partial charge in [0.25, 0.3) is 5.91 Å². The number of alkyl halides is 1. The fourth-order valence-electron chi connectivity index (χ4n) is 7.20. The minimum absolute atomic E-state index is 0.0599. The number of anilines is 1. The minimum Gasteiger partial charge on any atom is -0.465 e. The van der Waals surface area contributed by atoms with Crippen LogP contribution in [0.1, 0.15) is 39.5 Å². The van der Waals surface area contributed by atoms with Crippen LogP contribution in [0.2, 0.25) is 0 Å². The second-order valence-electron chi connectivity index (χ2n) is 12.1. The molecule has 2 aromatic rings. The van der Waals surface area contributed by atoms with Gasteiger partial charge in [0.2, 0.25) is 5.91 Å². The fraction of sp³-hybridized carbons (Fsp3) is 0.500. The number of hydrogen-bond acceptors (Lipinski definition) is 6. The molecule has 3 aliphatic rings. The van der Waals surface area contributed by atoms with E-state index in [0.29, 0.717) is 12.1 Å². The van der Waals surface area contributed by atoms with Crippen LogP contribution in [0.5, 0.6) is 0 Å². The molecule has 0 saturated carbocycles. The zero-order valence-corrected chi connectivity index (χ0v) is 27.3. The molecule has 2 aromatic carbocycles. The first-order valence-electron chi connectivity index (χ1n) is 15.1.